The normalized spacial score (nSPS) is 20.8. The first-order valence-electron chi connectivity index (χ1n) is 11.7. The van der Waals surface area contributed by atoms with E-state index in [1.165, 1.54) is 16.8 Å². The number of carbonyl (C=O) groups excluding carboxylic acids is 2. The predicted molar refractivity (Wildman–Crippen MR) is 129 cm³/mol. The molecule has 3 aliphatic heterocycles. The summed E-state index contributed by atoms with van der Waals surface area (Å²) < 4.78 is 0. The van der Waals surface area contributed by atoms with E-state index in [0.717, 1.165) is 50.3 Å². The van der Waals surface area contributed by atoms with Crippen molar-refractivity contribution >= 4 is 28.9 Å². The van der Waals surface area contributed by atoms with Crippen molar-refractivity contribution in [1.82, 2.24) is 4.90 Å². The van der Waals surface area contributed by atoms with Crippen molar-refractivity contribution in [1.29, 1.82) is 0 Å². The standard InChI is InChI=1S/C26H32N4O2/c1-18-7-6-9-21(19(18)2)28-13-15-29(16-14-28)25(31)20-10-11-22-24(17-20)27(3)26(32)23-8-4-5-12-30(22)23/h6-7,9-11,17,23H,4-5,8,12-16H2,1-3H3/t23-/m0/s1. The van der Waals surface area contributed by atoms with Gasteiger partial charge in [0, 0.05) is 51.0 Å². The van der Waals surface area contributed by atoms with Gasteiger partial charge in [0.15, 0.2) is 0 Å². The summed E-state index contributed by atoms with van der Waals surface area (Å²) in [6.45, 7) is 8.27. The number of rotatable bonds is 2. The van der Waals surface area contributed by atoms with Crippen LogP contribution in [0.1, 0.15) is 40.7 Å². The summed E-state index contributed by atoms with van der Waals surface area (Å²) in [6.07, 6.45) is 3.12. The van der Waals surface area contributed by atoms with Gasteiger partial charge in [0.25, 0.3) is 5.91 Å². The van der Waals surface area contributed by atoms with Gasteiger partial charge in [0.1, 0.15) is 6.04 Å². The Morgan fingerprint density at radius 1 is 0.906 bits per heavy atom. The van der Waals surface area contributed by atoms with Crippen LogP contribution in [-0.2, 0) is 4.79 Å². The third-order valence-corrected chi connectivity index (χ3v) is 7.50. The molecule has 32 heavy (non-hydrogen) atoms. The van der Waals surface area contributed by atoms with Crippen LogP contribution < -0.4 is 14.7 Å². The number of hydrogen-bond acceptors (Lipinski definition) is 4. The Morgan fingerprint density at radius 2 is 1.69 bits per heavy atom. The van der Waals surface area contributed by atoms with Gasteiger partial charge in [0.2, 0.25) is 5.91 Å². The Hall–Kier alpha value is -3.02. The van der Waals surface area contributed by atoms with Crippen LogP contribution in [0.5, 0.6) is 0 Å². The van der Waals surface area contributed by atoms with Gasteiger partial charge in [-0.3, -0.25) is 9.59 Å². The minimum atomic E-state index is -0.0547. The Morgan fingerprint density at radius 3 is 2.47 bits per heavy atom. The lowest BCUT2D eigenvalue weighted by atomic mass is 9.95. The van der Waals surface area contributed by atoms with Crippen molar-refractivity contribution in [2.45, 2.75) is 39.2 Å². The molecule has 5 rings (SSSR count). The molecule has 0 unspecified atom stereocenters. The van der Waals surface area contributed by atoms with Gasteiger partial charge in [-0.1, -0.05) is 12.1 Å². The van der Waals surface area contributed by atoms with E-state index in [9.17, 15) is 9.59 Å². The molecule has 0 radical (unpaired) electrons. The highest BCUT2D eigenvalue weighted by molar-refractivity contribution is 6.07. The second-order valence-electron chi connectivity index (χ2n) is 9.30. The summed E-state index contributed by atoms with van der Waals surface area (Å²) in [5.41, 5.74) is 6.47. The number of anilines is 3. The summed E-state index contributed by atoms with van der Waals surface area (Å²) in [6, 6.07) is 12.3. The highest BCUT2D eigenvalue weighted by atomic mass is 16.2. The van der Waals surface area contributed by atoms with Crippen molar-refractivity contribution in [3.05, 3.63) is 53.1 Å². The number of benzene rings is 2. The quantitative estimate of drug-likeness (QED) is 0.728. The van der Waals surface area contributed by atoms with E-state index < -0.39 is 0 Å². The predicted octanol–water partition coefficient (Wildman–Crippen LogP) is 3.60. The zero-order valence-corrected chi connectivity index (χ0v) is 19.3. The summed E-state index contributed by atoms with van der Waals surface area (Å²) >= 11 is 0. The minimum Gasteiger partial charge on any atom is -0.368 e. The summed E-state index contributed by atoms with van der Waals surface area (Å²) in [4.78, 5) is 34.5. The van der Waals surface area contributed by atoms with E-state index >= 15 is 0 Å². The van der Waals surface area contributed by atoms with Crippen molar-refractivity contribution in [3.63, 3.8) is 0 Å². The lowest BCUT2D eigenvalue weighted by Gasteiger charge is -2.44. The topological polar surface area (TPSA) is 47.1 Å². The maximum absolute atomic E-state index is 13.3. The largest absolute Gasteiger partial charge is 0.368 e. The number of fused-ring (bicyclic) bond motifs is 3. The monoisotopic (exact) mass is 432 g/mol. The molecule has 0 saturated carbocycles. The summed E-state index contributed by atoms with van der Waals surface area (Å²) in [5, 5.41) is 0. The van der Waals surface area contributed by atoms with Gasteiger partial charge in [-0.25, -0.2) is 0 Å². The van der Waals surface area contributed by atoms with Gasteiger partial charge >= 0.3 is 0 Å². The molecule has 0 aliphatic carbocycles. The molecule has 168 valence electrons. The maximum Gasteiger partial charge on any atom is 0.254 e. The van der Waals surface area contributed by atoms with Crippen LogP contribution in [0.4, 0.5) is 17.1 Å². The van der Waals surface area contributed by atoms with Crippen LogP contribution in [0.2, 0.25) is 0 Å². The average molecular weight is 433 g/mol. The van der Waals surface area contributed by atoms with E-state index in [0.29, 0.717) is 18.7 Å². The first kappa shape index (κ1) is 20.9. The van der Waals surface area contributed by atoms with Gasteiger partial charge in [-0.05, 0) is 68.5 Å². The van der Waals surface area contributed by atoms with Crippen molar-refractivity contribution in [2.24, 2.45) is 0 Å². The Labute approximate surface area is 190 Å². The number of piperidine rings is 1. The van der Waals surface area contributed by atoms with Crippen LogP contribution in [0.3, 0.4) is 0 Å². The fourth-order valence-corrected chi connectivity index (χ4v) is 5.40. The Bertz CT molecular complexity index is 1060. The summed E-state index contributed by atoms with van der Waals surface area (Å²) in [5.74, 6) is 0.193. The van der Waals surface area contributed by atoms with Crippen molar-refractivity contribution in [3.8, 4) is 0 Å². The van der Waals surface area contributed by atoms with Crippen LogP contribution in [0.15, 0.2) is 36.4 Å². The number of amides is 2. The van der Waals surface area contributed by atoms with Crippen LogP contribution in [0, 0.1) is 13.8 Å². The molecule has 2 aromatic rings. The number of piperazine rings is 1. The van der Waals surface area contributed by atoms with E-state index in [1.807, 2.05) is 30.1 Å². The lowest BCUT2D eigenvalue weighted by molar-refractivity contribution is -0.120. The van der Waals surface area contributed by atoms with Crippen molar-refractivity contribution in [2.75, 3.05) is 54.5 Å². The molecule has 2 fully saturated rings. The minimum absolute atomic E-state index is 0.0510. The van der Waals surface area contributed by atoms with Gasteiger partial charge in [-0.15, -0.1) is 0 Å². The maximum atomic E-state index is 13.3. The van der Waals surface area contributed by atoms with E-state index in [-0.39, 0.29) is 17.9 Å². The molecule has 3 heterocycles. The molecule has 6 heteroatoms. The highest BCUT2D eigenvalue weighted by Gasteiger charge is 2.38. The molecule has 0 N–H and O–H groups in total. The number of carbonyl (C=O) groups is 2. The molecule has 2 amide bonds. The SMILES string of the molecule is Cc1cccc(N2CCN(C(=O)c3ccc4c(c3)N(C)C(=O)[C@@H]3CCCCN43)CC2)c1C. The fourth-order valence-electron chi connectivity index (χ4n) is 5.40. The van der Waals surface area contributed by atoms with Gasteiger partial charge < -0.3 is 19.6 Å². The molecule has 2 saturated heterocycles. The molecule has 0 spiro atoms. The first-order valence-corrected chi connectivity index (χ1v) is 11.7. The van der Waals surface area contributed by atoms with Crippen LogP contribution in [0.25, 0.3) is 0 Å². The highest BCUT2D eigenvalue weighted by Crippen LogP contribution is 2.39. The molecule has 1 atom stereocenters. The number of aryl methyl sites for hydroxylation is 1. The van der Waals surface area contributed by atoms with Gasteiger partial charge in [-0.2, -0.15) is 0 Å². The first-order chi connectivity index (χ1) is 15.5. The molecule has 3 aliphatic rings. The summed E-state index contributed by atoms with van der Waals surface area (Å²) in [7, 11) is 1.84. The molecule has 6 nitrogen and oxygen atoms in total. The lowest BCUT2D eigenvalue weighted by Crippen LogP contribution is -2.54. The molecule has 2 aromatic carbocycles. The second kappa shape index (κ2) is 8.15. The molecule has 0 bridgehead atoms. The number of likely N-dealkylation sites (N-methyl/N-ethyl adjacent to an activating group) is 1. The zero-order chi connectivity index (χ0) is 22.4. The number of nitrogens with zero attached hydrogens (tertiary/aromatic N) is 4. The third kappa shape index (κ3) is 3.42. The fraction of sp³-hybridized carbons (Fsp3) is 0.462. The Balaban J connectivity index is 1.33. The smallest absolute Gasteiger partial charge is 0.254 e. The van der Waals surface area contributed by atoms with Crippen LogP contribution >= 0.6 is 0 Å². The molecular weight excluding hydrogens is 400 g/mol. The Kier molecular flexibility index (Phi) is 5.31. The molecule has 0 aromatic heterocycles. The van der Waals surface area contributed by atoms with Gasteiger partial charge in [0.05, 0.1) is 11.4 Å². The number of hydrogen-bond donors (Lipinski definition) is 0. The third-order valence-electron chi connectivity index (χ3n) is 7.50. The second-order valence-corrected chi connectivity index (χ2v) is 9.30. The zero-order valence-electron chi connectivity index (χ0n) is 19.3. The van der Waals surface area contributed by atoms with Crippen LogP contribution in [-0.4, -0.2) is 62.5 Å². The van der Waals surface area contributed by atoms with Crippen molar-refractivity contribution < 1.29 is 9.59 Å². The van der Waals surface area contributed by atoms with E-state index in [4.69, 9.17) is 0 Å². The van der Waals surface area contributed by atoms with E-state index in [1.54, 1.807) is 4.90 Å². The van der Waals surface area contributed by atoms with E-state index in [2.05, 4.69) is 41.8 Å². The average Bonchev–Trinajstić information content (AvgIpc) is 2.83. The molecular formula is C26H32N4O2.